The van der Waals surface area contributed by atoms with Crippen LogP contribution in [0.1, 0.15) is 17.7 Å². The van der Waals surface area contributed by atoms with Crippen LogP contribution in [0, 0.1) is 0 Å². The highest BCUT2D eigenvalue weighted by Crippen LogP contribution is 2.55. The number of aryl methyl sites for hydroxylation is 1. The third-order valence-electron chi connectivity index (χ3n) is 16.7. The quantitative estimate of drug-likeness (QED) is 0.156. The summed E-state index contributed by atoms with van der Waals surface area (Å²) in [6, 6.07) is 82.9. The number of hydrogen-bond donors (Lipinski definition) is 0. The van der Waals surface area contributed by atoms with E-state index in [0.717, 1.165) is 18.5 Å². The lowest BCUT2D eigenvalue weighted by Crippen LogP contribution is -2.01. The second-order valence-corrected chi connectivity index (χ2v) is 20.1. The summed E-state index contributed by atoms with van der Waals surface area (Å²) < 4.78 is 5.01. The van der Waals surface area contributed by atoms with Crippen LogP contribution in [0.5, 0.6) is 0 Å². The molecule has 332 valence electrons. The van der Waals surface area contributed by atoms with E-state index in [-0.39, 0.29) is 0 Å². The largest absolute Gasteiger partial charge is 0.310 e. The highest BCUT2D eigenvalue weighted by molar-refractivity contribution is 6.29. The van der Waals surface area contributed by atoms with Gasteiger partial charge in [-0.25, -0.2) is 0 Å². The van der Waals surface area contributed by atoms with E-state index in [1.807, 2.05) is 0 Å². The van der Waals surface area contributed by atoms with Gasteiger partial charge in [-0.2, -0.15) is 0 Å². The van der Waals surface area contributed by atoms with Crippen molar-refractivity contribution in [2.75, 3.05) is 0 Å². The third-order valence-corrected chi connectivity index (χ3v) is 16.7. The van der Waals surface area contributed by atoms with Crippen LogP contribution in [0.25, 0.3) is 160 Å². The number of allylic oxidation sites excluding steroid dienone is 1. The molecule has 72 heavy (non-hydrogen) atoms. The predicted octanol–water partition coefficient (Wildman–Crippen LogP) is 18.9. The van der Waals surface area contributed by atoms with Crippen LogP contribution >= 0.6 is 0 Å². The molecule has 0 unspecified atom stereocenters. The molecule has 2 heterocycles. The van der Waals surface area contributed by atoms with Crippen molar-refractivity contribution < 1.29 is 0 Å². The van der Waals surface area contributed by atoms with Gasteiger partial charge in [0.1, 0.15) is 0 Å². The second kappa shape index (κ2) is 14.2. The Morgan fingerprint density at radius 2 is 0.681 bits per heavy atom. The number of para-hydroxylation sites is 3. The van der Waals surface area contributed by atoms with Gasteiger partial charge in [0.05, 0.1) is 16.6 Å². The lowest BCUT2D eigenvalue weighted by Gasteiger charge is -2.22. The zero-order valence-electron chi connectivity index (χ0n) is 39.2. The first kappa shape index (κ1) is 38.6. The molecule has 0 saturated carbocycles. The van der Waals surface area contributed by atoms with Gasteiger partial charge in [0.25, 0.3) is 0 Å². The third kappa shape index (κ3) is 4.98. The minimum atomic E-state index is 1.04. The molecule has 2 nitrogen and oxygen atoms in total. The first-order valence-electron chi connectivity index (χ1n) is 25.4. The summed E-state index contributed by atoms with van der Waals surface area (Å²) in [7, 11) is 0. The predicted molar refractivity (Wildman–Crippen MR) is 305 cm³/mol. The van der Waals surface area contributed by atoms with Crippen molar-refractivity contribution in [3.05, 3.63) is 236 Å². The Bertz CT molecular complexity index is 4690. The minimum absolute atomic E-state index is 1.04. The molecule has 14 aromatic rings. The van der Waals surface area contributed by atoms with Crippen LogP contribution in [-0.2, 0) is 6.42 Å². The highest BCUT2D eigenvalue weighted by atomic mass is 15.0. The summed E-state index contributed by atoms with van der Waals surface area (Å²) in [4.78, 5) is 0. The van der Waals surface area contributed by atoms with Gasteiger partial charge in [0.2, 0.25) is 0 Å². The maximum absolute atomic E-state index is 2.53. The minimum Gasteiger partial charge on any atom is -0.310 e. The molecule has 3 aliphatic carbocycles. The second-order valence-electron chi connectivity index (χ2n) is 20.1. The number of fused-ring (bicyclic) bond motifs is 14. The Labute approximate surface area is 415 Å². The molecule has 0 spiro atoms. The van der Waals surface area contributed by atoms with Crippen molar-refractivity contribution in [3.63, 3.8) is 0 Å². The first-order valence-corrected chi connectivity index (χ1v) is 25.4. The molecule has 0 bridgehead atoms. The van der Waals surface area contributed by atoms with Crippen LogP contribution < -0.4 is 0 Å². The summed E-state index contributed by atoms with van der Waals surface area (Å²) in [5, 5.41) is 14.0. The van der Waals surface area contributed by atoms with E-state index in [4.69, 9.17) is 0 Å². The molecule has 0 N–H and O–H groups in total. The number of rotatable bonds is 4. The molecule has 3 aliphatic rings. The monoisotopic (exact) mass is 910 g/mol. The average molecular weight is 911 g/mol. The summed E-state index contributed by atoms with van der Waals surface area (Å²) in [5.74, 6) is 0. The van der Waals surface area contributed by atoms with E-state index in [1.54, 1.807) is 0 Å². The topological polar surface area (TPSA) is 9.86 Å². The molecular formula is C70H42N2. The van der Waals surface area contributed by atoms with Crippen molar-refractivity contribution in [1.82, 2.24) is 9.13 Å². The lowest BCUT2D eigenvalue weighted by atomic mass is 9.82. The summed E-state index contributed by atoms with van der Waals surface area (Å²) >= 11 is 0. The Morgan fingerprint density at radius 3 is 1.21 bits per heavy atom. The van der Waals surface area contributed by atoms with Crippen LogP contribution in [0.15, 0.2) is 224 Å². The molecule has 2 aromatic heterocycles. The van der Waals surface area contributed by atoms with E-state index >= 15 is 0 Å². The van der Waals surface area contributed by atoms with Gasteiger partial charge in [-0.1, -0.05) is 182 Å². The molecule has 0 saturated heterocycles. The zero-order chi connectivity index (χ0) is 46.8. The summed E-state index contributed by atoms with van der Waals surface area (Å²) in [5.41, 5.74) is 24.2. The maximum atomic E-state index is 2.53. The Hall–Kier alpha value is -9.24. The van der Waals surface area contributed by atoms with Crippen molar-refractivity contribution in [2.45, 2.75) is 12.8 Å². The fourth-order valence-corrected chi connectivity index (χ4v) is 13.8. The van der Waals surface area contributed by atoms with Gasteiger partial charge in [-0.05, 0) is 177 Å². The standard InChI is InChI=1S/C70H42N2/c1-3-17-45-43(15-1)51-23-13-25-53-57(37-35-55(45)67(51)53)69-59-33-31-42(72-65-29-11-7-21-49(65)50-22-8-12-30-66(50)72)40-62(59)70(58-38-36-56-46-18-4-2-16-44(46)52-24-14-26-54(58)68(52)56)60-34-32-41(39-61(60)69)71-63-27-9-5-19-47(63)48-20-6-10-28-64(48)71/h1-7,9-21,23-40H,8,22H2. The SMILES string of the molecule is C1=Cc2c(c3ccccc3n2-c2ccc3c(-c4ccc5c6c(cccc46)-c4ccccc4-5)c4cc(-n5c6ccccc6c6ccccc65)ccc4c(-c4ccc5c6c(cccc46)-c4ccccc4-5)c3c2)CC1. The molecule has 17 rings (SSSR count). The van der Waals surface area contributed by atoms with Crippen LogP contribution in [0.3, 0.4) is 0 Å². The van der Waals surface area contributed by atoms with Crippen molar-refractivity contribution in [2.24, 2.45) is 0 Å². The molecule has 0 aliphatic heterocycles. The summed E-state index contributed by atoms with van der Waals surface area (Å²) in [6.07, 6.45) is 6.81. The smallest absolute Gasteiger partial charge is 0.0541 e. The Balaban J connectivity index is 1.05. The fraction of sp³-hybridized carbons (Fsp3) is 0.0286. The van der Waals surface area contributed by atoms with E-state index in [0.29, 0.717) is 0 Å². The fourth-order valence-electron chi connectivity index (χ4n) is 13.8. The van der Waals surface area contributed by atoms with Gasteiger partial charge in [-0.15, -0.1) is 0 Å². The van der Waals surface area contributed by atoms with Gasteiger partial charge < -0.3 is 9.13 Å². The maximum Gasteiger partial charge on any atom is 0.0541 e. The number of benzene rings is 12. The van der Waals surface area contributed by atoms with Gasteiger partial charge in [-0.3, -0.25) is 0 Å². The van der Waals surface area contributed by atoms with Crippen LogP contribution in [0.2, 0.25) is 0 Å². The Morgan fingerprint density at radius 1 is 0.278 bits per heavy atom. The molecule has 0 amide bonds. The van der Waals surface area contributed by atoms with E-state index in [2.05, 4.69) is 240 Å². The molecule has 12 aromatic carbocycles. The molecule has 0 radical (unpaired) electrons. The summed E-state index contributed by atoms with van der Waals surface area (Å²) in [6.45, 7) is 0. The number of aromatic nitrogens is 2. The average Bonchev–Trinajstić information content (AvgIpc) is 4.17. The van der Waals surface area contributed by atoms with Crippen molar-refractivity contribution in [1.29, 1.82) is 0 Å². The van der Waals surface area contributed by atoms with E-state index in [9.17, 15) is 0 Å². The molecule has 2 heteroatoms. The number of hydrogen-bond acceptors (Lipinski definition) is 0. The molecule has 0 fully saturated rings. The van der Waals surface area contributed by atoms with E-state index in [1.165, 1.54) is 160 Å². The number of nitrogens with zero attached hydrogens (tertiary/aromatic N) is 2. The first-order chi connectivity index (χ1) is 35.8. The Kier molecular flexibility index (Phi) is 7.61. The van der Waals surface area contributed by atoms with Gasteiger partial charge in [0.15, 0.2) is 0 Å². The lowest BCUT2D eigenvalue weighted by molar-refractivity contribution is 0.968. The van der Waals surface area contributed by atoms with Crippen LogP contribution in [-0.4, -0.2) is 9.13 Å². The van der Waals surface area contributed by atoms with Crippen LogP contribution in [0.4, 0.5) is 0 Å². The van der Waals surface area contributed by atoms with Crippen molar-refractivity contribution >= 4 is 81.9 Å². The highest BCUT2D eigenvalue weighted by Gasteiger charge is 2.29. The molecule has 0 atom stereocenters. The normalized spacial score (nSPS) is 13.1. The van der Waals surface area contributed by atoms with Gasteiger partial charge >= 0.3 is 0 Å². The van der Waals surface area contributed by atoms with E-state index < -0.39 is 0 Å². The van der Waals surface area contributed by atoms with Crippen molar-refractivity contribution in [3.8, 4) is 78.1 Å². The van der Waals surface area contributed by atoms with Gasteiger partial charge in [0, 0.05) is 33.2 Å². The zero-order valence-corrected chi connectivity index (χ0v) is 39.2. The molecular weight excluding hydrogens is 869 g/mol.